The van der Waals surface area contributed by atoms with Gasteiger partial charge in [0.2, 0.25) is 0 Å². The van der Waals surface area contributed by atoms with E-state index in [9.17, 15) is 0 Å². The fourth-order valence-corrected chi connectivity index (χ4v) is 2.84. The molecule has 0 aromatic heterocycles. The third kappa shape index (κ3) is 3.44. The lowest BCUT2D eigenvalue weighted by atomic mass is 9.94. The van der Waals surface area contributed by atoms with E-state index in [0.29, 0.717) is 12.0 Å². The van der Waals surface area contributed by atoms with E-state index < -0.39 is 0 Å². The van der Waals surface area contributed by atoms with Gasteiger partial charge in [-0.15, -0.1) is 0 Å². The van der Waals surface area contributed by atoms with Crippen LogP contribution >= 0.6 is 0 Å². The van der Waals surface area contributed by atoms with Crippen LogP contribution in [-0.4, -0.2) is 55.1 Å². The predicted octanol–water partition coefficient (Wildman–Crippen LogP) is 1.14. The first-order valence-corrected chi connectivity index (χ1v) is 6.96. The summed E-state index contributed by atoms with van der Waals surface area (Å²) < 4.78 is 0. The number of hydrogen-bond donors (Lipinski definition) is 1. The fourth-order valence-electron chi connectivity index (χ4n) is 2.84. The first-order valence-electron chi connectivity index (χ1n) is 6.96. The van der Waals surface area contributed by atoms with Crippen molar-refractivity contribution in [2.24, 2.45) is 11.7 Å². The minimum absolute atomic E-state index is 0.398. The van der Waals surface area contributed by atoms with Crippen molar-refractivity contribution in [3.8, 4) is 0 Å². The van der Waals surface area contributed by atoms with Gasteiger partial charge in [-0.1, -0.05) is 13.3 Å². The Balaban J connectivity index is 1.65. The highest BCUT2D eigenvalue weighted by atomic mass is 15.2. The van der Waals surface area contributed by atoms with Gasteiger partial charge in [-0.3, -0.25) is 0 Å². The molecule has 2 saturated heterocycles. The van der Waals surface area contributed by atoms with Gasteiger partial charge in [0, 0.05) is 25.7 Å². The van der Waals surface area contributed by atoms with Crippen molar-refractivity contribution in [3.05, 3.63) is 0 Å². The summed E-state index contributed by atoms with van der Waals surface area (Å²) in [5.74, 6) is 0.714. The molecular formula is C13H27N3. The minimum Gasteiger partial charge on any atom is -0.326 e. The van der Waals surface area contributed by atoms with Gasteiger partial charge in [0.1, 0.15) is 0 Å². The number of rotatable bonds is 3. The molecule has 2 fully saturated rings. The highest BCUT2D eigenvalue weighted by Gasteiger charge is 2.23. The Morgan fingerprint density at radius 2 is 1.69 bits per heavy atom. The van der Waals surface area contributed by atoms with Gasteiger partial charge in [-0.05, 0) is 44.8 Å². The van der Waals surface area contributed by atoms with Gasteiger partial charge in [0.15, 0.2) is 0 Å². The first-order chi connectivity index (χ1) is 7.75. The van der Waals surface area contributed by atoms with Crippen molar-refractivity contribution in [2.75, 3.05) is 39.3 Å². The number of hydrogen-bond acceptors (Lipinski definition) is 3. The summed E-state index contributed by atoms with van der Waals surface area (Å²) in [4.78, 5) is 5.17. The van der Waals surface area contributed by atoms with Crippen LogP contribution in [0, 0.1) is 5.92 Å². The maximum Gasteiger partial charge on any atom is 0.0194 e. The summed E-state index contributed by atoms with van der Waals surface area (Å²) in [5, 5.41) is 0. The molecule has 2 aliphatic heterocycles. The van der Waals surface area contributed by atoms with E-state index in [4.69, 9.17) is 5.73 Å². The molecule has 2 heterocycles. The third-order valence-electron chi connectivity index (χ3n) is 4.28. The van der Waals surface area contributed by atoms with Crippen LogP contribution in [0.25, 0.3) is 0 Å². The van der Waals surface area contributed by atoms with Crippen LogP contribution in [0.5, 0.6) is 0 Å². The summed E-state index contributed by atoms with van der Waals surface area (Å²) in [6, 6.07) is 0.398. The first kappa shape index (κ1) is 12.3. The van der Waals surface area contributed by atoms with Crippen LogP contribution in [0.15, 0.2) is 0 Å². The Hall–Kier alpha value is -0.120. The molecule has 16 heavy (non-hydrogen) atoms. The molecule has 0 aliphatic carbocycles. The molecule has 0 aromatic carbocycles. The number of nitrogens with two attached hydrogens (primary N) is 1. The molecule has 2 atom stereocenters. The van der Waals surface area contributed by atoms with Crippen LogP contribution < -0.4 is 5.73 Å². The SMILES string of the molecule is CC1CCN(CCN2CCCCC2)CC1N. The van der Waals surface area contributed by atoms with Crippen molar-refractivity contribution in [1.29, 1.82) is 0 Å². The normalized spacial score (nSPS) is 34.1. The van der Waals surface area contributed by atoms with Crippen molar-refractivity contribution < 1.29 is 0 Å². The van der Waals surface area contributed by atoms with Gasteiger partial charge in [-0.2, -0.15) is 0 Å². The summed E-state index contributed by atoms with van der Waals surface area (Å²) >= 11 is 0. The van der Waals surface area contributed by atoms with Gasteiger partial charge < -0.3 is 15.5 Å². The average molecular weight is 225 g/mol. The Morgan fingerprint density at radius 3 is 2.38 bits per heavy atom. The molecule has 0 spiro atoms. The third-order valence-corrected chi connectivity index (χ3v) is 4.28. The Kier molecular flexibility index (Phi) is 4.62. The van der Waals surface area contributed by atoms with Crippen molar-refractivity contribution in [2.45, 2.75) is 38.6 Å². The van der Waals surface area contributed by atoms with E-state index in [1.54, 1.807) is 0 Å². The summed E-state index contributed by atoms with van der Waals surface area (Å²) in [6.07, 6.45) is 5.51. The molecular weight excluding hydrogens is 198 g/mol. The topological polar surface area (TPSA) is 32.5 Å². The maximum atomic E-state index is 6.12. The van der Waals surface area contributed by atoms with Crippen molar-refractivity contribution >= 4 is 0 Å². The molecule has 0 amide bonds. The maximum absolute atomic E-state index is 6.12. The van der Waals surface area contributed by atoms with Crippen LogP contribution in [0.2, 0.25) is 0 Å². The van der Waals surface area contributed by atoms with Gasteiger partial charge in [-0.25, -0.2) is 0 Å². The zero-order chi connectivity index (χ0) is 11.4. The Bertz CT molecular complexity index is 201. The van der Waals surface area contributed by atoms with E-state index in [0.717, 1.165) is 6.54 Å². The lowest BCUT2D eigenvalue weighted by Gasteiger charge is -2.36. The molecule has 94 valence electrons. The standard InChI is InChI=1S/C13H27N3/c1-12-5-8-16(11-13(12)14)10-9-15-6-3-2-4-7-15/h12-13H,2-11,14H2,1H3. The molecule has 2 aliphatic rings. The fraction of sp³-hybridized carbons (Fsp3) is 1.00. The number of piperidine rings is 2. The molecule has 0 aromatic rings. The summed E-state index contributed by atoms with van der Waals surface area (Å²) in [6.45, 7) is 9.75. The van der Waals surface area contributed by atoms with Crippen LogP contribution in [-0.2, 0) is 0 Å². The molecule has 3 nitrogen and oxygen atoms in total. The summed E-state index contributed by atoms with van der Waals surface area (Å²) in [5.41, 5.74) is 6.12. The molecule has 3 heteroatoms. The Labute approximate surface area is 100.0 Å². The lowest BCUT2D eigenvalue weighted by Crippen LogP contribution is -2.49. The molecule has 0 radical (unpaired) electrons. The largest absolute Gasteiger partial charge is 0.326 e. The highest BCUT2D eigenvalue weighted by molar-refractivity contribution is 4.81. The van der Waals surface area contributed by atoms with Crippen LogP contribution in [0.4, 0.5) is 0 Å². The smallest absolute Gasteiger partial charge is 0.0194 e. The molecule has 2 unspecified atom stereocenters. The van der Waals surface area contributed by atoms with E-state index in [1.165, 1.54) is 58.4 Å². The second-order valence-corrected chi connectivity index (χ2v) is 5.63. The lowest BCUT2D eigenvalue weighted by molar-refractivity contribution is 0.136. The Morgan fingerprint density at radius 1 is 1.00 bits per heavy atom. The van der Waals surface area contributed by atoms with Crippen LogP contribution in [0.3, 0.4) is 0 Å². The zero-order valence-electron chi connectivity index (χ0n) is 10.7. The zero-order valence-corrected chi connectivity index (χ0v) is 10.7. The van der Waals surface area contributed by atoms with Gasteiger partial charge in [0.05, 0.1) is 0 Å². The van der Waals surface area contributed by atoms with E-state index in [2.05, 4.69) is 16.7 Å². The van der Waals surface area contributed by atoms with Crippen LogP contribution in [0.1, 0.15) is 32.6 Å². The van der Waals surface area contributed by atoms with Gasteiger partial charge >= 0.3 is 0 Å². The molecule has 2 N–H and O–H groups in total. The minimum atomic E-state index is 0.398. The number of likely N-dealkylation sites (tertiary alicyclic amines) is 2. The highest BCUT2D eigenvalue weighted by Crippen LogP contribution is 2.15. The molecule has 0 bridgehead atoms. The number of nitrogens with zero attached hydrogens (tertiary/aromatic N) is 2. The molecule has 0 saturated carbocycles. The molecule has 2 rings (SSSR count). The second-order valence-electron chi connectivity index (χ2n) is 5.63. The van der Waals surface area contributed by atoms with Gasteiger partial charge in [0.25, 0.3) is 0 Å². The average Bonchev–Trinajstić information content (AvgIpc) is 2.32. The monoisotopic (exact) mass is 225 g/mol. The van der Waals surface area contributed by atoms with E-state index in [1.807, 2.05) is 0 Å². The van der Waals surface area contributed by atoms with E-state index in [-0.39, 0.29) is 0 Å². The van der Waals surface area contributed by atoms with E-state index >= 15 is 0 Å². The predicted molar refractivity (Wildman–Crippen MR) is 68.5 cm³/mol. The van der Waals surface area contributed by atoms with Crippen molar-refractivity contribution in [3.63, 3.8) is 0 Å². The van der Waals surface area contributed by atoms with Crippen molar-refractivity contribution in [1.82, 2.24) is 9.80 Å². The quantitative estimate of drug-likeness (QED) is 0.782. The summed E-state index contributed by atoms with van der Waals surface area (Å²) in [7, 11) is 0. The second kappa shape index (κ2) is 5.99.